The van der Waals surface area contributed by atoms with Crippen LogP contribution in [0.15, 0.2) is 55.0 Å². The van der Waals surface area contributed by atoms with Crippen LogP contribution in [0.4, 0.5) is 0 Å². The third-order valence-electron chi connectivity index (χ3n) is 2.86. The van der Waals surface area contributed by atoms with E-state index in [1.165, 1.54) is 0 Å². The van der Waals surface area contributed by atoms with Gasteiger partial charge in [0, 0.05) is 29.0 Å². The van der Waals surface area contributed by atoms with Gasteiger partial charge in [-0.15, -0.1) is 0 Å². The number of halogens is 1. The van der Waals surface area contributed by atoms with E-state index >= 15 is 0 Å². The molecule has 0 bridgehead atoms. The molecule has 90 valence electrons. The second-order valence-corrected chi connectivity index (χ2v) is 4.44. The van der Waals surface area contributed by atoms with Crippen molar-refractivity contribution in [2.24, 2.45) is 0 Å². The fourth-order valence-electron chi connectivity index (χ4n) is 1.96. The normalized spacial score (nSPS) is 10.7. The maximum atomic E-state index is 6.16. The Labute approximate surface area is 110 Å². The Kier molecular flexibility index (Phi) is 2.90. The average Bonchev–Trinajstić information content (AvgIpc) is 2.92. The number of pyridine rings is 1. The monoisotopic (exact) mass is 257 g/mol. The van der Waals surface area contributed by atoms with Crippen LogP contribution in [0.2, 0.25) is 5.02 Å². The summed E-state index contributed by atoms with van der Waals surface area (Å²) in [5.41, 5.74) is 5.36. The SMILES string of the molecule is Clc1ccc(CNn2cccc2)c2ncccc12. The summed E-state index contributed by atoms with van der Waals surface area (Å²) in [6.45, 7) is 0.708. The molecule has 3 aromatic rings. The molecule has 2 heterocycles. The van der Waals surface area contributed by atoms with Crippen LogP contribution in [0, 0.1) is 0 Å². The van der Waals surface area contributed by atoms with Gasteiger partial charge in [-0.25, -0.2) is 0 Å². The lowest BCUT2D eigenvalue weighted by molar-refractivity contribution is 0.849. The van der Waals surface area contributed by atoms with Crippen LogP contribution in [-0.4, -0.2) is 9.66 Å². The summed E-state index contributed by atoms with van der Waals surface area (Å²) in [5.74, 6) is 0. The van der Waals surface area contributed by atoms with Gasteiger partial charge in [0.1, 0.15) is 0 Å². The van der Waals surface area contributed by atoms with E-state index in [4.69, 9.17) is 11.6 Å². The highest BCUT2D eigenvalue weighted by Crippen LogP contribution is 2.24. The Morgan fingerprint density at radius 1 is 1.11 bits per heavy atom. The van der Waals surface area contributed by atoms with Gasteiger partial charge in [0.05, 0.1) is 12.1 Å². The topological polar surface area (TPSA) is 29.9 Å². The molecule has 0 aliphatic heterocycles. The minimum absolute atomic E-state index is 0.708. The minimum atomic E-state index is 0.708. The molecule has 0 radical (unpaired) electrons. The second-order valence-electron chi connectivity index (χ2n) is 4.03. The largest absolute Gasteiger partial charge is 0.322 e. The standard InChI is InChI=1S/C14H12ClN3/c15-13-6-5-11(10-17-18-8-1-2-9-18)14-12(13)4-3-7-16-14/h1-9,17H,10H2. The predicted octanol–water partition coefficient (Wildman–Crippen LogP) is 3.43. The van der Waals surface area contributed by atoms with Crippen LogP contribution in [-0.2, 0) is 6.54 Å². The average molecular weight is 258 g/mol. The molecule has 1 aromatic carbocycles. The lowest BCUT2D eigenvalue weighted by Crippen LogP contribution is -2.12. The quantitative estimate of drug-likeness (QED) is 0.779. The molecular formula is C14H12ClN3. The maximum absolute atomic E-state index is 6.16. The van der Waals surface area contributed by atoms with Gasteiger partial charge in [-0.2, -0.15) is 0 Å². The Bertz CT molecular complexity index is 662. The van der Waals surface area contributed by atoms with Crippen LogP contribution in [0.3, 0.4) is 0 Å². The molecule has 0 spiro atoms. The molecule has 0 saturated heterocycles. The Morgan fingerprint density at radius 2 is 1.94 bits per heavy atom. The minimum Gasteiger partial charge on any atom is -0.322 e. The van der Waals surface area contributed by atoms with Gasteiger partial charge < -0.3 is 5.43 Å². The highest BCUT2D eigenvalue weighted by atomic mass is 35.5. The van der Waals surface area contributed by atoms with E-state index in [9.17, 15) is 0 Å². The fraction of sp³-hybridized carbons (Fsp3) is 0.0714. The van der Waals surface area contributed by atoms with Crippen molar-refractivity contribution in [3.8, 4) is 0 Å². The number of hydrogen-bond donors (Lipinski definition) is 1. The number of benzene rings is 1. The van der Waals surface area contributed by atoms with E-state index in [1.54, 1.807) is 6.20 Å². The first-order valence-electron chi connectivity index (χ1n) is 5.73. The first-order chi connectivity index (χ1) is 8.84. The lowest BCUT2D eigenvalue weighted by Gasteiger charge is -2.10. The predicted molar refractivity (Wildman–Crippen MR) is 74.2 cm³/mol. The molecule has 0 fully saturated rings. The smallest absolute Gasteiger partial charge is 0.0767 e. The molecule has 3 nitrogen and oxygen atoms in total. The molecular weight excluding hydrogens is 246 g/mol. The van der Waals surface area contributed by atoms with E-state index < -0.39 is 0 Å². The summed E-state index contributed by atoms with van der Waals surface area (Å²) in [7, 11) is 0. The first kappa shape index (κ1) is 11.1. The molecule has 2 aromatic heterocycles. The van der Waals surface area contributed by atoms with Gasteiger partial charge in [0.25, 0.3) is 0 Å². The van der Waals surface area contributed by atoms with Crippen LogP contribution in [0.5, 0.6) is 0 Å². The number of rotatable bonds is 3. The summed E-state index contributed by atoms with van der Waals surface area (Å²) in [5, 5.41) is 1.73. The number of fused-ring (bicyclic) bond motifs is 1. The van der Waals surface area contributed by atoms with Gasteiger partial charge in [-0.1, -0.05) is 17.7 Å². The van der Waals surface area contributed by atoms with E-state index in [1.807, 2.05) is 53.5 Å². The van der Waals surface area contributed by atoms with Gasteiger partial charge in [0.15, 0.2) is 0 Å². The molecule has 0 aliphatic rings. The zero-order chi connectivity index (χ0) is 12.4. The lowest BCUT2D eigenvalue weighted by atomic mass is 10.1. The van der Waals surface area contributed by atoms with Crippen molar-refractivity contribution in [3.05, 3.63) is 65.6 Å². The molecule has 0 amide bonds. The summed E-state index contributed by atoms with van der Waals surface area (Å²) in [6.07, 6.45) is 5.72. The van der Waals surface area contributed by atoms with Crippen molar-refractivity contribution in [1.82, 2.24) is 9.66 Å². The molecule has 0 unspecified atom stereocenters. The second kappa shape index (κ2) is 4.70. The summed E-state index contributed by atoms with van der Waals surface area (Å²) < 4.78 is 1.92. The summed E-state index contributed by atoms with van der Waals surface area (Å²) >= 11 is 6.16. The highest BCUT2D eigenvalue weighted by Gasteiger charge is 2.05. The van der Waals surface area contributed by atoms with Crippen molar-refractivity contribution in [3.63, 3.8) is 0 Å². The van der Waals surface area contributed by atoms with Crippen molar-refractivity contribution in [1.29, 1.82) is 0 Å². The molecule has 0 saturated carbocycles. The first-order valence-corrected chi connectivity index (χ1v) is 6.11. The van der Waals surface area contributed by atoms with E-state index in [-0.39, 0.29) is 0 Å². The molecule has 0 atom stereocenters. The van der Waals surface area contributed by atoms with Crippen LogP contribution >= 0.6 is 11.6 Å². The molecule has 1 N–H and O–H groups in total. The van der Waals surface area contributed by atoms with Gasteiger partial charge in [-0.3, -0.25) is 9.66 Å². The number of nitrogens with zero attached hydrogens (tertiary/aromatic N) is 2. The zero-order valence-corrected chi connectivity index (χ0v) is 10.4. The Hall–Kier alpha value is -2.00. The van der Waals surface area contributed by atoms with Crippen LogP contribution in [0.1, 0.15) is 5.56 Å². The number of aromatic nitrogens is 2. The van der Waals surface area contributed by atoms with E-state index in [0.717, 1.165) is 21.5 Å². The third-order valence-corrected chi connectivity index (χ3v) is 3.19. The third kappa shape index (κ3) is 2.05. The van der Waals surface area contributed by atoms with Crippen molar-refractivity contribution in [2.45, 2.75) is 6.54 Å². The van der Waals surface area contributed by atoms with Gasteiger partial charge in [0.2, 0.25) is 0 Å². The summed E-state index contributed by atoms with van der Waals surface area (Å²) in [4.78, 5) is 4.41. The van der Waals surface area contributed by atoms with Gasteiger partial charge >= 0.3 is 0 Å². The van der Waals surface area contributed by atoms with Crippen molar-refractivity contribution >= 4 is 22.5 Å². The zero-order valence-electron chi connectivity index (χ0n) is 9.68. The Balaban J connectivity index is 1.94. The van der Waals surface area contributed by atoms with E-state index in [0.29, 0.717) is 6.54 Å². The van der Waals surface area contributed by atoms with Crippen molar-refractivity contribution in [2.75, 3.05) is 5.43 Å². The molecule has 3 rings (SSSR count). The highest BCUT2D eigenvalue weighted by molar-refractivity contribution is 6.35. The molecule has 4 heteroatoms. The molecule has 18 heavy (non-hydrogen) atoms. The van der Waals surface area contributed by atoms with Crippen LogP contribution < -0.4 is 5.43 Å². The maximum Gasteiger partial charge on any atom is 0.0767 e. The Morgan fingerprint density at radius 3 is 2.78 bits per heavy atom. The molecule has 0 aliphatic carbocycles. The van der Waals surface area contributed by atoms with Crippen LogP contribution in [0.25, 0.3) is 10.9 Å². The van der Waals surface area contributed by atoms with E-state index in [2.05, 4.69) is 10.4 Å². The van der Waals surface area contributed by atoms with Crippen molar-refractivity contribution < 1.29 is 0 Å². The summed E-state index contributed by atoms with van der Waals surface area (Å²) in [6, 6.07) is 11.8. The fourth-order valence-corrected chi connectivity index (χ4v) is 2.17. The number of hydrogen-bond acceptors (Lipinski definition) is 2. The van der Waals surface area contributed by atoms with Gasteiger partial charge in [-0.05, 0) is 35.9 Å². The number of nitrogens with one attached hydrogen (secondary N) is 1.